The van der Waals surface area contributed by atoms with Gasteiger partial charge in [-0.25, -0.2) is 4.39 Å². The van der Waals surface area contributed by atoms with E-state index >= 15 is 0 Å². The lowest BCUT2D eigenvalue weighted by Gasteiger charge is -2.17. The van der Waals surface area contributed by atoms with Crippen molar-refractivity contribution < 1.29 is 24.1 Å². The minimum Gasteiger partial charge on any atom is -0.394 e. The fourth-order valence-corrected chi connectivity index (χ4v) is 3.87. The lowest BCUT2D eigenvalue weighted by Crippen LogP contribution is -2.30. The molecule has 0 aromatic carbocycles. The molecule has 1 saturated heterocycles. The number of alkyl halides is 1. The van der Waals surface area contributed by atoms with Crippen molar-refractivity contribution in [1.82, 2.24) is 14.5 Å². The quantitative estimate of drug-likeness (QED) is 0.558. The van der Waals surface area contributed by atoms with Crippen LogP contribution in [0.3, 0.4) is 0 Å². The molecule has 0 radical (unpaired) electrons. The standard InChI is InChI=1S/C19H26ClFN4O4/c1-3-5-10(6-4-2)17(28)22-15-11-7-8-25(16(11)24-19(20)23-15)18-13(21)14(27)12(9-26)29-18/h7-8,10,12-14,18,26-27H,3-6,9H2,1-2H3,(H,22,23,24,28)/t12-,13+,14-,18-/m1/s1. The van der Waals surface area contributed by atoms with Crippen molar-refractivity contribution in [2.45, 2.75) is 64.1 Å². The molecule has 8 nitrogen and oxygen atoms in total. The summed E-state index contributed by atoms with van der Waals surface area (Å²) >= 11 is 6.05. The van der Waals surface area contributed by atoms with E-state index in [0.29, 0.717) is 5.39 Å². The first kappa shape index (κ1) is 21.9. The molecule has 1 aliphatic rings. The van der Waals surface area contributed by atoms with E-state index in [-0.39, 0.29) is 28.6 Å². The van der Waals surface area contributed by atoms with Crippen molar-refractivity contribution in [1.29, 1.82) is 0 Å². The van der Waals surface area contributed by atoms with E-state index in [2.05, 4.69) is 15.3 Å². The Morgan fingerprint density at radius 3 is 2.66 bits per heavy atom. The minimum atomic E-state index is -1.76. The summed E-state index contributed by atoms with van der Waals surface area (Å²) in [7, 11) is 0. The molecule has 2 aromatic rings. The van der Waals surface area contributed by atoms with Crippen LogP contribution in [0, 0.1) is 5.92 Å². The molecule has 0 aliphatic carbocycles. The second-order valence-corrected chi connectivity index (χ2v) is 7.59. The molecule has 0 unspecified atom stereocenters. The van der Waals surface area contributed by atoms with E-state index < -0.39 is 31.2 Å². The van der Waals surface area contributed by atoms with Gasteiger partial charge in [0.1, 0.15) is 23.7 Å². The fourth-order valence-electron chi connectivity index (χ4n) is 3.71. The Hall–Kier alpha value is -1.81. The zero-order valence-corrected chi connectivity index (χ0v) is 17.1. The molecule has 0 bridgehead atoms. The van der Waals surface area contributed by atoms with Gasteiger partial charge in [0.05, 0.1) is 12.0 Å². The second kappa shape index (κ2) is 9.34. The van der Waals surface area contributed by atoms with Gasteiger partial charge in [0.2, 0.25) is 11.2 Å². The Morgan fingerprint density at radius 1 is 1.38 bits per heavy atom. The van der Waals surface area contributed by atoms with Gasteiger partial charge in [0.25, 0.3) is 0 Å². The van der Waals surface area contributed by atoms with E-state index in [1.54, 1.807) is 6.07 Å². The molecule has 160 valence electrons. The van der Waals surface area contributed by atoms with Crippen LogP contribution in [-0.2, 0) is 9.53 Å². The van der Waals surface area contributed by atoms with Gasteiger partial charge in [-0.2, -0.15) is 9.97 Å². The summed E-state index contributed by atoms with van der Waals surface area (Å²) in [4.78, 5) is 21.0. The summed E-state index contributed by atoms with van der Waals surface area (Å²) in [6.07, 6.45) is -0.583. The zero-order chi connectivity index (χ0) is 21.1. The Balaban J connectivity index is 1.93. The van der Waals surface area contributed by atoms with Gasteiger partial charge >= 0.3 is 0 Å². The van der Waals surface area contributed by atoms with Crippen LogP contribution in [0.15, 0.2) is 12.3 Å². The Labute approximate surface area is 173 Å². The number of fused-ring (bicyclic) bond motifs is 1. The maximum absolute atomic E-state index is 14.5. The maximum Gasteiger partial charge on any atom is 0.228 e. The minimum absolute atomic E-state index is 0.108. The molecule has 1 fully saturated rings. The normalized spacial score (nSPS) is 24.5. The number of hydrogen-bond donors (Lipinski definition) is 3. The smallest absolute Gasteiger partial charge is 0.228 e. The molecule has 0 spiro atoms. The summed E-state index contributed by atoms with van der Waals surface area (Å²) in [5.41, 5.74) is 0.265. The predicted octanol–water partition coefficient (Wildman–Crippen LogP) is 2.83. The van der Waals surface area contributed by atoms with Gasteiger partial charge in [-0.3, -0.25) is 4.79 Å². The maximum atomic E-state index is 14.5. The Kier molecular flexibility index (Phi) is 7.05. The number of halogens is 2. The van der Waals surface area contributed by atoms with Gasteiger partial charge in [0.15, 0.2) is 12.4 Å². The molecule has 1 amide bonds. The van der Waals surface area contributed by atoms with Crippen LogP contribution < -0.4 is 5.32 Å². The predicted molar refractivity (Wildman–Crippen MR) is 106 cm³/mol. The van der Waals surface area contributed by atoms with E-state index in [0.717, 1.165) is 25.7 Å². The zero-order valence-electron chi connectivity index (χ0n) is 16.4. The number of carbonyl (C=O) groups is 1. The van der Waals surface area contributed by atoms with E-state index in [9.17, 15) is 19.4 Å². The molecule has 2 aromatic heterocycles. The van der Waals surface area contributed by atoms with E-state index in [1.807, 2.05) is 13.8 Å². The van der Waals surface area contributed by atoms with Gasteiger partial charge in [0, 0.05) is 12.1 Å². The fraction of sp³-hybridized carbons (Fsp3) is 0.632. The number of hydrogen-bond acceptors (Lipinski definition) is 6. The van der Waals surface area contributed by atoms with Crippen molar-refractivity contribution >= 4 is 34.4 Å². The SMILES string of the molecule is CCCC(CCC)C(=O)Nc1nc(Cl)nc2c1ccn2[C@@H]1O[C@H](CO)[C@@H](O)[C@@H]1F. The van der Waals surface area contributed by atoms with Crippen LogP contribution >= 0.6 is 11.6 Å². The molecule has 10 heteroatoms. The molecule has 3 heterocycles. The first-order valence-electron chi connectivity index (χ1n) is 9.84. The largest absolute Gasteiger partial charge is 0.394 e. The molecule has 3 rings (SSSR count). The summed E-state index contributed by atoms with van der Waals surface area (Å²) in [5, 5.41) is 22.4. The van der Waals surface area contributed by atoms with Crippen LogP contribution in [0.5, 0.6) is 0 Å². The number of ether oxygens (including phenoxy) is 1. The first-order chi connectivity index (χ1) is 13.9. The molecule has 3 N–H and O–H groups in total. The van der Waals surface area contributed by atoms with Crippen LogP contribution in [0.4, 0.5) is 10.2 Å². The molecule has 0 saturated carbocycles. The number of aromatic nitrogens is 3. The average Bonchev–Trinajstić information content (AvgIpc) is 3.23. The average molecular weight is 429 g/mol. The third-order valence-corrected chi connectivity index (χ3v) is 5.35. The van der Waals surface area contributed by atoms with Crippen LogP contribution in [0.2, 0.25) is 5.28 Å². The third kappa shape index (κ3) is 4.37. The number of nitrogens with zero attached hydrogens (tertiary/aromatic N) is 3. The number of amides is 1. The second-order valence-electron chi connectivity index (χ2n) is 7.25. The summed E-state index contributed by atoms with van der Waals surface area (Å²) in [6.45, 7) is 3.54. The number of aliphatic hydroxyl groups is 2. The lowest BCUT2D eigenvalue weighted by molar-refractivity contribution is -0.120. The number of rotatable bonds is 8. The van der Waals surface area contributed by atoms with Gasteiger partial charge < -0.3 is 24.8 Å². The number of carbonyl (C=O) groups excluding carboxylic acids is 1. The van der Waals surface area contributed by atoms with Crippen molar-refractivity contribution in [3.63, 3.8) is 0 Å². The van der Waals surface area contributed by atoms with Crippen LogP contribution in [-0.4, -0.2) is 55.6 Å². The van der Waals surface area contributed by atoms with Gasteiger partial charge in [-0.05, 0) is 30.5 Å². The topological polar surface area (TPSA) is 110 Å². The highest BCUT2D eigenvalue weighted by molar-refractivity contribution is 6.29. The first-order valence-corrected chi connectivity index (χ1v) is 10.2. The highest BCUT2D eigenvalue weighted by atomic mass is 35.5. The van der Waals surface area contributed by atoms with E-state index in [4.69, 9.17) is 16.3 Å². The molecule has 4 atom stereocenters. The summed E-state index contributed by atoms with van der Waals surface area (Å²) in [5.74, 6) is -0.0351. The Bertz CT molecular complexity index is 858. The number of aliphatic hydroxyl groups excluding tert-OH is 2. The summed E-state index contributed by atoms with van der Waals surface area (Å²) in [6, 6.07) is 1.63. The van der Waals surface area contributed by atoms with Crippen molar-refractivity contribution in [2.75, 3.05) is 11.9 Å². The van der Waals surface area contributed by atoms with Crippen LogP contribution in [0.1, 0.15) is 45.8 Å². The molecular formula is C19H26ClFN4O4. The number of nitrogens with one attached hydrogen (secondary N) is 1. The molecular weight excluding hydrogens is 403 g/mol. The summed E-state index contributed by atoms with van der Waals surface area (Å²) < 4.78 is 21.4. The molecule has 29 heavy (non-hydrogen) atoms. The Morgan fingerprint density at radius 2 is 2.07 bits per heavy atom. The van der Waals surface area contributed by atoms with Crippen molar-refractivity contribution in [2.24, 2.45) is 5.92 Å². The van der Waals surface area contributed by atoms with Crippen LogP contribution in [0.25, 0.3) is 11.0 Å². The highest BCUT2D eigenvalue weighted by Crippen LogP contribution is 2.35. The van der Waals surface area contributed by atoms with Crippen molar-refractivity contribution in [3.8, 4) is 0 Å². The highest BCUT2D eigenvalue weighted by Gasteiger charge is 2.45. The molecule has 1 aliphatic heterocycles. The van der Waals surface area contributed by atoms with Gasteiger partial charge in [-0.1, -0.05) is 26.7 Å². The lowest BCUT2D eigenvalue weighted by atomic mass is 9.97. The number of anilines is 1. The van der Waals surface area contributed by atoms with Gasteiger partial charge in [-0.15, -0.1) is 0 Å². The third-order valence-electron chi connectivity index (χ3n) is 5.18. The van der Waals surface area contributed by atoms with E-state index in [1.165, 1.54) is 10.8 Å². The van der Waals surface area contributed by atoms with Crippen molar-refractivity contribution in [3.05, 3.63) is 17.5 Å². The monoisotopic (exact) mass is 428 g/mol.